The van der Waals surface area contributed by atoms with E-state index >= 15 is 0 Å². The van der Waals surface area contributed by atoms with Crippen LogP contribution in [0.25, 0.3) is 0 Å². The predicted molar refractivity (Wildman–Crippen MR) is 107 cm³/mol. The summed E-state index contributed by atoms with van der Waals surface area (Å²) in [5.41, 5.74) is 5.87. The summed E-state index contributed by atoms with van der Waals surface area (Å²) >= 11 is 3.55. The number of carboxylic acid groups (broad SMARTS) is 1. The molecule has 0 radical (unpaired) electrons. The average Bonchev–Trinajstić information content (AvgIpc) is 2.77. The van der Waals surface area contributed by atoms with Gasteiger partial charge in [0, 0.05) is 22.6 Å². The molecule has 0 saturated carbocycles. The Morgan fingerprint density at radius 2 is 1.73 bits per heavy atom. The van der Waals surface area contributed by atoms with Crippen LogP contribution >= 0.6 is 15.9 Å². The first-order chi connectivity index (χ1) is 12.5. The second kappa shape index (κ2) is 6.42. The van der Waals surface area contributed by atoms with Gasteiger partial charge < -0.3 is 10.0 Å². The van der Waals surface area contributed by atoms with Crippen molar-refractivity contribution >= 4 is 44.7 Å². The summed E-state index contributed by atoms with van der Waals surface area (Å²) in [5, 5.41) is 9.15. The second-order valence-corrected chi connectivity index (χ2v) is 6.97. The number of carboxylic acids is 1. The highest BCUT2D eigenvalue weighted by molar-refractivity contribution is 9.10. The van der Waals surface area contributed by atoms with Crippen LogP contribution in [0.4, 0.5) is 17.1 Å². The van der Waals surface area contributed by atoms with Crippen LogP contribution in [0.15, 0.2) is 76.2 Å². The van der Waals surface area contributed by atoms with E-state index in [0.29, 0.717) is 0 Å². The third-order valence-electron chi connectivity index (χ3n) is 4.46. The number of hydrogen-bond donors (Lipinski definition) is 1. The maximum atomic E-state index is 11.2. The fourth-order valence-corrected chi connectivity index (χ4v) is 3.50. The summed E-state index contributed by atoms with van der Waals surface area (Å²) in [5.74, 6) is -0.937. The molecule has 3 aromatic carbocycles. The molecule has 26 heavy (non-hydrogen) atoms. The molecule has 0 atom stereocenters. The topological polar surface area (TPSA) is 52.9 Å². The Hall–Kier alpha value is -2.92. The number of fused-ring (bicyclic) bond motifs is 2. The first kappa shape index (κ1) is 16.5. The van der Waals surface area contributed by atoms with Crippen molar-refractivity contribution in [1.82, 2.24) is 0 Å². The van der Waals surface area contributed by atoms with Crippen LogP contribution in [0.5, 0.6) is 0 Å². The van der Waals surface area contributed by atoms with Crippen LogP contribution in [-0.4, -0.2) is 23.8 Å². The van der Waals surface area contributed by atoms with Crippen molar-refractivity contribution < 1.29 is 9.90 Å². The van der Waals surface area contributed by atoms with E-state index in [-0.39, 0.29) is 5.56 Å². The highest BCUT2D eigenvalue weighted by Gasteiger charge is 2.22. The van der Waals surface area contributed by atoms with Gasteiger partial charge in [-0.1, -0.05) is 40.2 Å². The zero-order valence-electron chi connectivity index (χ0n) is 14.0. The molecule has 0 spiro atoms. The number of aliphatic imine (C=N–C) groups is 1. The molecule has 1 N–H and O–H groups in total. The largest absolute Gasteiger partial charge is 0.478 e. The lowest BCUT2D eigenvalue weighted by Crippen LogP contribution is -2.13. The predicted octanol–water partition coefficient (Wildman–Crippen LogP) is 5.40. The summed E-state index contributed by atoms with van der Waals surface area (Å²) in [7, 11) is 2.03. The lowest BCUT2D eigenvalue weighted by Gasteiger charge is -2.21. The number of halogens is 1. The van der Waals surface area contributed by atoms with Gasteiger partial charge in [0.2, 0.25) is 0 Å². The number of rotatable bonds is 2. The molecule has 4 rings (SSSR count). The highest BCUT2D eigenvalue weighted by atomic mass is 79.9. The normalized spacial score (nSPS) is 12.7. The summed E-state index contributed by atoms with van der Waals surface area (Å²) in [6.45, 7) is 0. The van der Waals surface area contributed by atoms with Gasteiger partial charge in [0.25, 0.3) is 0 Å². The van der Waals surface area contributed by atoms with Crippen LogP contribution < -0.4 is 4.90 Å². The Labute approximate surface area is 159 Å². The quantitative estimate of drug-likeness (QED) is 0.619. The molecule has 0 fully saturated rings. The number of para-hydroxylation sites is 2. The summed E-state index contributed by atoms with van der Waals surface area (Å²) in [6, 6.07) is 20.9. The molecule has 0 aliphatic carbocycles. The maximum Gasteiger partial charge on any atom is 0.335 e. The maximum absolute atomic E-state index is 11.2. The van der Waals surface area contributed by atoms with Gasteiger partial charge in [0.15, 0.2) is 0 Å². The molecule has 128 valence electrons. The second-order valence-electron chi connectivity index (χ2n) is 6.05. The molecule has 3 aromatic rings. The Balaban J connectivity index is 1.97. The molecule has 0 aromatic heterocycles. The van der Waals surface area contributed by atoms with Crippen molar-refractivity contribution in [3.05, 3.63) is 87.9 Å². The van der Waals surface area contributed by atoms with Crippen LogP contribution in [-0.2, 0) is 0 Å². The molecule has 5 heteroatoms. The van der Waals surface area contributed by atoms with Gasteiger partial charge in [-0.15, -0.1) is 0 Å². The minimum Gasteiger partial charge on any atom is -0.478 e. The third-order valence-corrected chi connectivity index (χ3v) is 4.95. The van der Waals surface area contributed by atoms with E-state index in [4.69, 9.17) is 10.1 Å². The molecule has 4 nitrogen and oxygen atoms in total. The molecule has 1 heterocycles. The van der Waals surface area contributed by atoms with Crippen LogP contribution in [0, 0.1) is 0 Å². The molecule has 1 aliphatic heterocycles. The van der Waals surface area contributed by atoms with E-state index in [1.807, 2.05) is 43.4 Å². The Morgan fingerprint density at radius 1 is 1.00 bits per heavy atom. The van der Waals surface area contributed by atoms with E-state index in [1.54, 1.807) is 24.3 Å². The first-order valence-corrected chi connectivity index (χ1v) is 8.89. The lowest BCUT2D eigenvalue weighted by molar-refractivity contribution is 0.0697. The number of benzene rings is 3. The van der Waals surface area contributed by atoms with Crippen molar-refractivity contribution in [2.45, 2.75) is 0 Å². The fourth-order valence-electron chi connectivity index (χ4n) is 3.13. The van der Waals surface area contributed by atoms with Crippen molar-refractivity contribution in [3.8, 4) is 0 Å². The summed E-state index contributed by atoms with van der Waals surface area (Å²) in [4.78, 5) is 18.2. The highest BCUT2D eigenvalue weighted by Crippen LogP contribution is 2.40. The van der Waals surface area contributed by atoms with Crippen molar-refractivity contribution in [2.24, 2.45) is 4.99 Å². The molecule has 0 unspecified atom stereocenters. The standard InChI is InChI=1S/C21H15BrN2O2/c1-24-18-11-10-15(22)12-16(18)20(23-17-4-2-3-5-19(17)24)13-6-8-14(9-7-13)21(25)26/h2-12H,1H3,(H,25,26). The Morgan fingerprint density at radius 3 is 2.46 bits per heavy atom. The van der Waals surface area contributed by atoms with E-state index in [2.05, 4.69) is 26.9 Å². The van der Waals surface area contributed by atoms with E-state index < -0.39 is 5.97 Å². The van der Waals surface area contributed by atoms with Gasteiger partial charge in [0.1, 0.15) is 0 Å². The average molecular weight is 407 g/mol. The minimum absolute atomic E-state index is 0.259. The first-order valence-electron chi connectivity index (χ1n) is 8.10. The summed E-state index contributed by atoms with van der Waals surface area (Å²) < 4.78 is 0.963. The molecule has 1 aliphatic rings. The molecular formula is C21H15BrN2O2. The third kappa shape index (κ3) is 2.80. The summed E-state index contributed by atoms with van der Waals surface area (Å²) in [6.07, 6.45) is 0. The number of anilines is 2. The van der Waals surface area contributed by atoms with Crippen LogP contribution in [0.3, 0.4) is 0 Å². The zero-order valence-corrected chi connectivity index (χ0v) is 15.6. The van der Waals surface area contributed by atoms with Gasteiger partial charge in [-0.25, -0.2) is 9.79 Å². The molecule has 0 bridgehead atoms. The lowest BCUT2D eigenvalue weighted by atomic mass is 9.99. The molecule has 0 saturated heterocycles. The Bertz CT molecular complexity index is 1040. The van der Waals surface area contributed by atoms with Gasteiger partial charge in [-0.05, 0) is 42.5 Å². The minimum atomic E-state index is -0.937. The van der Waals surface area contributed by atoms with Crippen LogP contribution in [0.2, 0.25) is 0 Å². The SMILES string of the molecule is CN1c2ccccc2N=C(c2ccc(C(=O)O)cc2)c2cc(Br)ccc21. The monoisotopic (exact) mass is 406 g/mol. The van der Waals surface area contributed by atoms with Gasteiger partial charge in [-0.3, -0.25) is 0 Å². The van der Waals surface area contributed by atoms with Gasteiger partial charge in [-0.2, -0.15) is 0 Å². The van der Waals surface area contributed by atoms with Crippen molar-refractivity contribution in [2.75, 3.05) is 11.9 Å². The Kier molecular flexibility index (Phi) is 4.09. The van der Waals surface area contributed by atoms with Gasteiger partial charge in [0.05, 0.1) is 28.3 Å². The number of nitrogens with zero attached hydrogens (tertiary/aromatic N) is 2. The fraction of sp³-hybridized carbons (Fsp3) is 0.0476. The number of aromatic carboxylic acids is 1. The van der Waals surface area contributed by atoms with Crippen molar-refractivity contribution in [1.29, 1.82) is 0 Å². The molecular weight excluding hydrogens is 392 g/mol. The molecule has 0 amide bonds. The number of hydrogen-bond acceptors (Lipinski definition) is 3. The van der Waals surface area contributed by atoms with E-state index in [0.717, 1.165) is 38.4 Å². The number of carbonyl (C=O) groups is 1. The van der Waals surface area contributed by atoms with E-state index in [1.165, 1.54) is 0 Å². The smallest absolute Gasteiger partial charge is 0.335 e. The zero-order chi connectivity index (χ0) is 18.3. The van der Waals surface area contributed by atoms with E-state index in [9.17, 15) is 4.79 Å². The van der Waals surface area contributed by atoms with Crippen LogP contribution in [0.1, 0.15) is 21.5 Å². The van der Waals surface area contributed by atoms with Crippen molar-refractivity contribution in [3.63, 3.8) is 0 Å². The van der Waals surface area contributed by atoms with Gasteiger partial charge >= 0.3 is 5.97 Å².